The van der Waals surface area contributed by atoms with Crippen LogP contribution in [0.5, 0.6) is 5.75 Å². The zero-order chi connectivity index (χ0) is 27.7. The molecule has 206 valence electrons. The minimum absolute atomic E-state index is 0.0571. The Hall–Kier alpha value is -3.40. The van der Waals surface area contributed by atoms with Gasteiger partial charge in [0, 0.05) is 81.8 Å². The van der Waals surface area contributed by atoms with Crippen LogP contribution in [-0.4, -0.2) is 73.4 Å². The topological polar surface area (TPSA) is 84.0 Å². The fourth-order valence-corrected chi connectivity index (χ4v) is 5.33. The summed E-state index contributed by atoms with van der Waals surface area (Å²) in [6.45, 7) is 9.34. The summed E-state index contributed by atoms with van der Waals surface area (Å²) < 4.78 is 15.0. The van der Waals surface area contributed by atoms with Crippen molar-refractivity contribution >= 4 is 29.0 Å². The second kappa shape index (κ2) is 11.4. The van der Waals surface area contributed by atoms with E-state index in [1.54, 1.807) is 41.2 Å². The molecule has 5 rings (SSSR count). The molecule has 2 aliphatic rings. The standard InChI is InChI=1S/C29H34ClFN6O2/c1-18(2)33-17-25-27(36-8-6-32-7-9-36)13-20(16-34-25)23-15-21(31)14-22(28(23)38)19-4-5-26(24(30)12-19)37-11-10-35(3)29(37)39/h4-5,12-16,18,32-33,38H,6-11,17H2,1-3H3. The van der Waals surface area contributed by atoms with Gasteiger partial charge in [0.15, 0.2) is 0 Å². The number of halogens is 2. The lowest BCUT2D eigenvalue weighted by molar-refractivity contribution is 0.229. The summed E-state index contributed by atoms with van der Waals surface area (Å²) in [5.74, 6) is -0.540. The van der Waals surface area contributed by atoms with Crippen molar-refractivity contribution < 1.29 is 14.3 Å². The van der Waals surface area contributed by atoms with E-state index in [-0.39, 0.29) is 11.8 Å². The number of aromatic nitrogens is 1. The molecule has 2 aromatic carbocycles. The van der Waals surface area contributed by atoms with Crippen LogP contribution in [-0.2, 0) is 6.54 Å². The summed E-state index contributed by atoms with van der Waals surface area (Å²) >= 11 is 6.58. The number of phenols is 1. The number of piperazine rings is 1. The van der Waals surface area contributed by atoms with Crippen molar-refractivity contribution in [1.82, 2.24) is 20.5 Å². The first-order valence-electron chi connectivity index (χ1n) is 13.3. The minimum atomic E-state index is -0.483. The second-order valence-electron chi connectivity index (χ2n) is 10.3. The van der Waals surface area contributed by atoms with Gasteiger partial charge in [-0.25, -0.2) is 9.18 Å². The molecule has 3 heterocycles. The molecule has 0 atom stereocenters. The maximum absolute atomic E-state index is 15.0. The largest absolute Gasteiger partial charge is 0.507 e. The number of benzene rings is 2. The highest BCUT2D eigenvalue weighted by molar-refractivity contribution is 6.34. The maximum atomic E-state index is 15.0. The van der Waals surface area contributed by atoms with Crippen molar-refractivity contribution in [2.24, 2.45) is 0 Å². The Labute approximate surface area is 233 Å². The Morgan fingerprint density at radius 2 is 1.77 bits per heavy atom. The molecular formula is C29H34ClFN6O2. The number of amides is 2. The molecule has 8 nitrogen and oxygen atoms in total. The van der Waals surface area contributed by atoms with Crippen LogP contribution >= 0.6 is 11.6 Å². The molecule has 10 heteroatoms. The Morgan fingerprint density at radius 1 is 1.05 bits per heavy atom. The van der Waals surface area contributed by atoms with Crippen LogP contribution in [0.4, 0.5) is 20.6 Å². The van der Waals surface area contributed by atoms with E-state index in [1.807, 2.05) is 6.07 Å². The van der Waals surface area contributed by atoms with Gasteiger partial charge in [-0.1, -0.05) is 31.5 Å². The highest BCUT2D eigenvalue weighted by Gasteiger charge is 2.28. The number of carbonyl (C=O) groups excluding carboxylic acids is 1. The van der Waals surface area contributed by atoms with Crippen LogP contribution in [0, 0.1) is 5.82 Å². The normalized spacial score (nSPS) is 16.1. The van der Waals surface area contributed by atoms with Gasteiger partial charge in [0.05, 0.1) is 22.1 Å². The number of anilines is 2. The summed E-state index contributed by atoms with van der Waals surface area (Å²) in [6.07, 6.45) is 1.69. The first-order valence-corrected chi connectivity index (χ1v) is 13.6. The van der Waals surface area contributed by atoms with Crippen LogP contribution in [0.15, 0.2) is 42.6 Å². The van der Waals surface area contributed by atoms with Gasteiger partial charge in [0.2, 0.25) is 0 Å². The van der Waals surface area contributed by atoms with Gasteiger partial charge in [0.25, 0.3) is 0 Å². The van der Waals surface area contributed by atoms with Gasteiger partial charge in [-0.2, -0.15) is 0 Å². The smallest absolute Gasteiger partial charge is 0.324 e. The van der Waals surface area contributed by atoms with E-state index in [0.717, 1.165) is 37.6 Å². The molecule has 0 aliphatic carbocycles. The molecule has 0 bridgehead atoms. The highest BCUT2D eigenvalue weighted by atomic mass is 35.5. The third kappa shape index (κ3) is 5.66. The third-order valence-electron chi connectivity index (χ3n) is 7.23. The molecule has 2 aliphatic heterocycles. The van der Waals surface area contributed by atoms with E-state index in [1.165, 1.54) is 12.1 Å². The van der Waals surface area contributed by atoms with Crippen molar-refractivity contribution in [3.63, 3.8) is 0 Å². The lowest BCUT2D eigenvalue weighted by Crippen LogP contribution is -2.44. The Balaban J connectivity index is 1.52. The van der Waals surface area contributed by atoms with E-state index in [9.17, 15) is 14.3 Å². The van der Waals surface area contributed by atoms with Crippen LogP contribution in [0.2, 0.25) is 5.02 Å². The number of pyridine rings is 1. The predicted molar refractivity (Wildman–Crippen MR) is 154 cm³/mol. The quantitative estimate of drug-likeness (QED) is 0.394. The average molecular weight is 553 g/mol. The summed E-state index contributed by atoms with van der Waals surface area (Å²) in [5, 5.41) is 18.5. The SMILES string of the molecule is CC(C)NCc1ncc(-c2cc(F)cc(-c3ccc(N4CCN(C)C4=O)c(Cl)c3)c2O)cc1N1CCNCC1. The molecule has 3 N–H and O–H groups in total. The van der Waals surface area contributed by atoms with E-state index in [2.05, 4.69) is 29.4 Å². The van der Waals surface area contributed by atoms with Gasteiger partial charge in [0.1, 0.15) is 11.6 Å². The second-order valence-corrected chi connectivity index (χ2v) is 10.7. The third-order valence-corrected chi connectivity index (χ3v) is 7.54. The zero-order valence-corrected chi connectivity index (χ0v) is 23.2. The van der Waals surface area contributed by atoms with Crippen LogP contribution in [0.1, 0.15) is 19.5 Å². The zero-order valence-electron chi connectivity index (χ0n) is 22.5. The Bertz CT molecular complexity index is 1380. The molecule has 2 amide bonds. The number of nitrogens with zero attached hydrogens (tertiary/aromatic N) is 4. The highest BCUT2D eigenvalue weighted by Crippen LogP contribution is 2.42. The number of nitrogens with one attached hydrogen (secondary N) is 2. The molecule has 39 heavy (non-hydrogen) atoms. The summed E-state index contributed by atoms with van der Waals surface area (Å²) in [6, 6.07) is 9.93. The van der Waals surface area contributed by atoms with Crippen molar-refractivity contribution in [3.05, 3.63) is 59.1 Å². The molecule has 2 fully saturated rings. The lowest BCUT2D eigenvalue weighted by Gasteiger charge is -2.31. The molecule has 0 unspecified atom stereocenters. The fraction of sp³-hybridized carbons (Fsp3) is 0.379. The fourth-order valence-electron chi connectivity index (χ4n) is 5.05. The van der Waals surface area contributed by atoms with E-state index < -0.39 is 5.82 Å². The molecule has 1 aromatic heterocycles. The lowest BCUT2D eigenvalue weighted by atomic mass is 9.97. The number of aromatic hydroxyl groups is 1. The van der Waals surface area contributed by atoms with Gasteiger partial charge < -0.3 is 25.5 Å². The molecule has 0 radical (unpaired) electrons. The Kier molecular flexibility index (Phi) is 7.93. The van der Waals surface area contributed by atoms with Gasteiger partial charge in [-0.15, -0.1) is 0 Å². The monoisotopic (exact) mass is 552 g/mol. The summed E-state index contributed by atoms with van der Waals surface area (Å²) in [4.78, 5) is 22.7. The average Bonchev–Trinajstić information content (AvgIpc) is 3.26. The molecule has 0 spiro atoms. The number of hydrogen-bond donors (Lipinski definition) is 3. The summed E-state index contributed by atoms with van der Waals surface area (Å²) in [5.41, 5.74) is 4.32. The van der Waals surface area contributed by atoms with Crippen LogP contribution in [0.25, 0.3) is 22.3 Å². The van der Waals surface area contributed by atoms with Crippen molar-refractivity contribution in [2.45, 2.75) is 26.4 Å². The molecule has 3 aromatic rings. The maximum Gasteiger partial charge on any atom is 0.324 e. The van der Waals surface area contributed by atoms with Crippen molar-refractivity contribution in [2.75, 3.05) is 56.1 Å². The molecule has 2 saturated heterocycles. The van der Waals surface area contributed by atoms with Crippen LogP contribution < -0.4 is 20.4 Å². The summed E-state index contributed by atoms with van der Waals surface area (Å²) in [7, 11) is 1.74. The van der Waals surface area contributed by atoms with Crippen LogP contribution in [0.3, 0.4) is 0 Å². The minimum Gasteiger partial charge on any atom is -0.507 e. The molecular weight excluding hydrogens is 519 g/mol. The van der Waals surface area contributed by atoms with Gasteiger partial charge in [-0.3, -0.25) is 9.88 Å². The number of likely N-dealkylation sites (N-methyl/N-ethyl adjacent to an activating group) is 1. The number of phenolic OH excluding ortho intramolecular Hbond substituents is 1. The van der Waals surface area contributed by atoms with Crippen molar-refractivity contribution in [3.8, 4) is 28.0 Å². The first kappa shape index (κ1) is 27.2. The number of hydrogen-bond acceptors (Lipinski definition) is 6. The van der Waals surface area contributed by atoms with Gasteiger partial charge >= 0.3 is 6.03 Å². The number of urea groups is 1. The number of carbonyl (C=O) groups is 1. The number of rotatable bonds is 7. The van der Waals surface area contributed by atoms with E-state index in [0.29, 0.717) is 58.6 Å². The Morgan fingerprint density at radius 3 is 2.41 bits per heavy atom. The first-order chi connectivity index (χ1) is 18.7. The van der Waals surface area contributed by atoms with Gasteiger partial charge in [-0.05, 0) is 35.9 Å². The molecule has 0 saturated carbocycles. The van der Waals surface area contributed by atoms with E-state index >= 15 is 0 Å². The predicted octanol–water partition coefficient (Wildman–Crippen LogP) is 4.69. The van der Waals surface area contributed by atoms with Crippen molar-refractivity contribution in [1.29, 1.82) is 0 Å². The van der Waals surface area contributed by atoms with E-state index in [4.69, 9.17) is 16.6 Å².